The zero-order chi connectivity index (χ0) is 24.8. The second kappa shape index (κ2) is 8.72. The molecule has 2 aliphatic heterocycles. The SMILES string of the molecule is O=C1OCCN1c1cc(C(F)(F)F)ccc1[C@H]1CCOc2cc(S(=O)(=O)Nc3nccs3)ccc21. The molecule has 0 saturated carbocycles. The van der Waals surface area contributed by atoms with E-state index >= 15 is 0 Å². The number of halogens is 3. The quantitative estimate of drug-likeness (QED) is 0.512. The molecule has 0 spiro atoms. The maximum absolute atomic E-state index is 13.4. The number of nitrogens with one attached hydrogen (secondary N) is 1. The summed E-state index contributed by atoms with van der Waals surface area (Å²) in [6.45, 7) is 0.418. The lowest BCUT2D eigenvalue weighted by atomic mass is 9.85. The number of rotatable bonds is 5. The number of hydrogen-bond acceptors (Lipinski definition) is 7. The summed E-state index contributed by atoms with van der Waals surface area (Å²) < 4.78 is 78.9. The number of cyclic esters (lactones) is 1. The van der Waals surface area contributed by atoms with Gasteiger partial charge in [-0.3, -0.25) is 9.62 Å². The summed E-state index contributed by atoms with van der Waals surface area (Å²) in [5, 5.41) is 1.85. The zero-order valence-corrected chi connectivity index (χ0v) is 19.5. The molecule has 13 heteroatoms. The number of sulfonamides is 1. The maximum Gasteiger partial charge on any atom is 0.416 e. The third kappa shape index (κ3) is 4.52. The molecule has 0 radical (unpaired) electrons. The molecule has 0 unspecified atom stereocenters. The number of anilines is 2. The Morgan fingerprint density at radius 3 is 2.57 bits per heavy atom. The average Bonchev–Trinajstić information content (AvgIpc) is 3.48. The van der Waals surface area contributed by atoms with Crippen molar-refractivity contribution < 1.29 is 35.9 Å². The molecule has 8 nitrogen and oxygen atoms in total. The van der Waals surface area contributed by atoms with E-state index in [4.69, 9.17) is 9.47 Å². The number of benzene rings is 2. The molecule has 2 aromatic carbocycles. The van der Waals surface area contributed by atoms with Gasteiger partial charge in [-0.2, -0.15) is 13.2 Å². The molecule has 0 bridgehead atoms. The summed E-state index contributed by atoms with van der Waals surface area (Å²) in [5.41, 5.74) is 0.344. The lowest BCUT2D eigenvalue weighted by Gasteiger charge is -2.30. The first kappa shape index (κ1) is 23.4. The highest BCUT2D eigenvalue weighted by Gasteiger charge is 2.36. The summed E-state index contributed by atoms with van der Waals surface area (Å²) in [6.07, 6.45) is -3.40. The van der Waals surface area contributed by atoms with Gasteiger partial charge < -0.3 is 9.47 Å². The van der Waals surface area contributed by atoms with E-state index in [1.165, 1.54) is 29.3 Å². The van der Waals surface area contributed by atoms with Crippen LogP contribution in [0.5, 0.6) is 5.75 Å². The standard InChI is InChI=1S/C22H18F3N3O5S2/c23-22(24,25)13-1-3-16(18(11-13)28-7-9-33-21(28)29)15-5-8-32-19-12-14(2-4-17(15)19)35(30,31)27-20-26-6-10-34-20/h1-4,6,10-12,15H,5,7-9H2,(H,26,27)/t15-/m1/s1. The molecule has 3 heterocycles. The Hall–Kier alpha value is -3.32. The first-order valence-electron chi connectivity index (χ1n) is 10.5. The third-order valence-electron chi connectivity index (χ3n) is 5.77. The number of ether oxygens (including phenoxy) is 2. The Morgan fingerprint density at radius 1 is 1.09 bits per heavy atom. The molecule has 1 amide bonds. The molecular weight excluding hydrogens is 507 g/mol. The van der Waals surface area contributed by atoms with Crippen LogP contribution in [0.25, 0.3) is 0 Å². The first-order valence-corrected chi connectivity index (χ1v) is 12.8. The molecule has 1 saturated heterocycles. The highest BCUT2D eigenvalue weighted by molar-refractivity contribution is 7.93. The molecule has 35 heavy (non-hydrogen) atoms. The van der Waals surface area contributed by atoms with Gasteiger partial charge in [0.2, 0.25) is 0 Å². The fourth-order valence-corrected chi connectivity index (χ4v) is 5.97. The van der Waals surface area contributed by atoms with Gasteiger partial charge in [0.05, 0.1) is 29.3 Å². The van der Waals surface area contributed by atoms with Crippen molar-refractivity contribution in [1.82, 2.24) is 4.98 Å². The van der Waals surface area contributed by atoms with Gasteiger partial charge >= 0.3 is 12.3 Å². The first-order chi connectivity index (χ1) is 16.6. The van der Waals surface area contributed by atoms with Crippen LogP contribution in [0.4, 0.5) is 28.8 Å². The monoisotopic (exact) mass is 525 g/mol. The lowest BCUT2D eigenvalue weighted by Crippen LogP contribution is -2.27. The smallest absolute Gasteiger partial charge is 0.416 e. The summed E-state index contributed by atoms with van der Waals surface area (Å²) in [6, 6.07) is 7.66. The second-order valence-electron chi connectivity index (χ2n) is 7.87. The summed E-state index contributed by atoms with van der Waals surface area (Å²) in [5.74, 6) is -0.119. The van der Waals surface area contributed by atoms with Gasteiger partial charge in [-0.1, -0.05) is 12.1 Å². The fourth-order valence-electron chi connectivity index (χ4n) is 4.17. The Labute approximate surface area is 202 Å². The van der Waals surface area contributed by atoms with Crippen molar-refractivity contribution >= 4 is 38.3 Å². The number of carbonyl (C=O) groups excluding carboxylic acids is 1. The number of carbonyl (C=O) groups is 1. The van der Waals surface area contributed by atoms with Gasteiger partial charge in [-0.05, 0) is 30.2 Å². The fraction of sp³-hybridized carbons (Fsp3) is 0.273. The van der Waals surface area contributed by atoms with Crippen LogP contribution in [0, 0.1) is 0 Å². The van der Waals surface area contributed by atoms with Gasteiger partial charge in [-0.15, -0.1) is 11.3 Å². The molecule has 2 aliphatic rings. The van der Waals surface area contributed by atoms with Crippen molar-refractivity contribution in [2.45, 2.75) is 23.4 Å². The van der Waals surface area contributed by atoms with E-state index in [0.717, 1.165) is 23.5 Å². The number of nitrogens with zero attached hydrogens (tertiary/aromatic N) is 2. The normalized spacial score (nSPS) is 18.1. The third-order valence-corrected chi connectivity index (χ3v) is 7.93. The minimum atomic E-state index is -4.59. The van der Waals surface area contributed by atoms with Crippen molar-refractivity contribution in [2.75, 3.05) is 29.4 Å². The molecule has 184 valence electrons. The van der Waals surface area contributed by atoms with Crippen molar-refractivity contribution in [3.8, 4) is 5.75 Å². The highest BCUT2D eigenvalue weighted by atomic mass is 32.2. The Morgan fingerprint density at radius 2 is 1.89 bits per heavy atom. The highest BCUT2D eigenvalue weighted by Crippen LogP contribution is 2.44. The van der Waals surface area contributed by atoms with Crippen LogP contribution in [0.3, 0.4) is 0 Å². The minimum Gasteiger partial charge on any atom is -0.493 e. The Bertz CT molecular complexity index is 1380. The van der Waals surface area contributed by atoms with E-state index in [0.29, 0.717) is 23.3 Å². The van der Waals surface area contributed by atoms with Gasteiger partial charge in [0.25, 0.3) is 10.0 Å². The number of hydrogen-bond donors (Lipinski definition) is 1. The van der Waals surface area contributed by atoms with Crippen LogP contribution in [-0.2, 0) is 20.9 Å². The van der Waals surface area contributed by atoms with E-state index in [2.05, 4.69) is 9.71 Å². The van der Waals surface area contributed by atoms with Crippen LogP contribution >= 0.6 is 11.3 Å². The van der Waals surface area contributed by atoms with Gasteiger partial charge in [-0.25, -0.2) is 18.2 Å². The summed E-state index contributed by atoms with van der Waals surface area (Å²) in [7, 11) is -3.93. The molecular formula is C22H18F3N3O5S2. The van der Waals surface area contributed by atoms with Crippen molar-refractivity contribution in [3.63, 3.8) is 0 Å². The van der Waals surface area contributed by atoms with E-state index in [1.54, 1.807) is 11.4 Å². The predicted octanol–water partition coefficient (Wildman–Crippen LogP) is 4.83. The number of aromatic nitrogens is 1. The molecule has 1 aromatic heterocycles. The van der Waals surface area contributed by atoms with Gasteiger partial charge in [0, 0.05) is 29.1 Å². The van der Waals surface area contributed by atoms with Crippen molar-refractivity contribution in [1.29, 1.82) is 0 Å². The molecule has 1 fully saturated rings. The van der Waals surface area contributed by atoms with Crippen LogP contribution < -0.4 is 14.4 Å². The van der Waals surface area contributed by atoms with Crippen LogP contribution in [0.1, 0.15) is 29.0 Å². The van der Waals surface area contributed by atoms with Gasteiger partial charge in [0.15, 0.2) is 5.13 Å². The molecule has 3 aromatic rings. The van der Waals surface area contributed by atoms with Crippen molar-refractivity contribution in [2.24, 2.45) is 0 Å². The number of amides is 1. The minimum absolute atomic E-state index is 0.0390. The summed E-state index contributed by atoms with van der Waals surface area (Å²) in [4.78, 5) is 17.3. The zero-order valence-electron chi connectivity index (χ0n) is 17.9. The van der Waals surface area contributed by atoms with Crippen LogP contribution in [-0.4, -0.2) is 39.3 Å². The van der Waals surface area contributed by atoms with E-state index in [-0.39, 0.29) is 35.5 Å². The Balaban J connectivity index is 1.55. The van der Waals surface area contributed by atoms with Crippen molar-refractivity contribution in [3.05, 3.63) is 64.7 Å². The number of thiazole rings is 1. The Kier molecular flexibility index (Phi) is 5.83. The van der Waals surface area contributed by atoms with E-state index < -0.39 is 33.8 Å². The lowest BCUT2D eigenvalue weighted by molar-refractivity contribution is -0.137. The largest absolute Gasteiger partial charge is 0.493 e. The molecule has 1 atom stereocenters. The molecule has 0 aliphatic carbocycles. The summed E-state index contributed by atoms with van der Waals surface area (Å²) >= 11 is 1.13. The molecule has 5 rings (SSSR count). The van der Waals surface area contributed by atoms with Crippen LogP contribution in [0.15, 0.2) is 52.9 Å². The van der Waals surface area contributed by atoms with E-state index in [1.807, 2.05) is 0 Å². The van der Waals surface area contributed by atoms with Crippen LogP contribution in [0.2, 0.25) is 0 Å². The maximum atomic E-state index is 13.4. The number of fused-ring (bicyclic) bond motifs is 1. The second-order valence-corrected chi connectivity index (χ2v) is 10.4. The van der Waals surface area contributed by atoms with E-state index in [9.17, 15) is 26.4 Å². The predicted molar refractivity (Wildman–Crippen MR) is 121 cm³/mol. The number of alkyl halides is 3. The van der Waals surface area contributed by atoms with Gasteiger partial charge in [0.1, 0.15) is 12.4 Å². The molecule has 1 N–H and O–H groups in total. The topological polar surface area (TPSA) is 97.8 Å². The average molecular weight is 526 g/mol.